The first-order valence-corrected chi connectivity index (χ1v) is 6.83. The van der Waals surface area contributed by atoms with E-state index in [-0.39, 0.29) is 5.82 Å². The first-order chi connectivity index (χ1) is 9.20. The first-order valence-electron chi connectivity index (χ1n) is 5.95. The molecule has 98 valence electrons. The molecule has 0 aliphatic heterocycles. The van der Waals surface area contributed by atoms with E-state index in [0.29, 0.717) is 28.5 Å². The van der Waals surface area contributed by atoms with Gasteiger partial charge < -0.3 is 10.2 Å². The van der Waals surface area contributed by atoms with E-state index in [0.717, 1.165) is 18.5 Å². The van der Waals surface area contributed by atoms with Crippen molar-refractivity contribution in [3.05, 3.63) is 41.0 Å². The monoisotopic (exact) mass is 277 g/mol. The molecule has 0 saturated heterocycles. The van der Waals surface area contributed by atoms with Crippen molar-refractivity contribution in [3.8, 4) is 0 Å². The second-order valence-corrected chi connectivity index (χ2v) is 5.14. The smallest absolute Gasteiger partial charge is 0.195 e. The topological polar surface area (TPSA) is 64.9 Å². The summed E-state index contributed by atoms with van der Waals surface area (Å²) in [6, 6.07) is 4.35. The zero-order chi connectivity index (χ0) is 13.2. The molecule has 0 unspecified atom stereocenters. The molecule has 0 saturated carbocycles. The summed E-state index contributed by atoms with van der Waals surface area (Å²) in [5, 5.41) is 2.55. The molecule has 0 radical (unpaired) electrons. The third kappa shape index (κ3) is 2.73. The van der Waals surface area contributed by atoms with Gasteiger partial charge in [0, 0.05) is 17.9 Å². The molecule has 0 fully saturated rings. The number of hydrogen-bond donors (Lipinski definition) is 1. The average Bonchev–Trinajstić information content (AvgIpc) is 2.95. The quantitative estimate of drug-likeness (QED) is 0.795. The highest BCUT2D eigenvalue weighted by molar-refractivity contribution is 7.13. The second kappa shape index (κ2) is 4.97. The van der Waals surface area contributed by atoms with Crippen molar-refractivity contribution >= 4 is 27.6 Å². The van der Waals surface area contributed by atoms with Crippen LogP contribution in [0.2, 0.25) is 0 Å². The van der Waals surface area contributed by atoms with Gasteiger partial charge in [0.2, 0.25) is 0 Å². The molecule has 2 heterocycles. The van der Waals surface area contributed by atoms with Crippen molar-refractivity contribution in [1.29, 1.82) is 0 Å². The van der Waals surface area contributed by atoms with Crippen LogP contribution in [0.15, 0.2) is 28.0 Å². The van der Waals surface area contributed by atoms with Crippen molar-refractivity contribution < 1.29 is 8.81 Å². The predicted octanol–water partition coefficient (Wildman–Crippen LogP) is 3.18. The standard InChI is InChI=1S/C13H12FN3OS/c14-8-4-5-11-10(6-8)17-12(18-11)3-1-2-9-7-19-13(15)16-9/h4-7H,1-3H2,(H2,15,16). The Morgan fingerprint density at radius 1 is 1.26 bits per heavy atom. The number of nitrogens with zero attached hydrogens (tertiary/aromatic N) is 2. The van der Waals surface area contributed by atoms with Crippen LogP contribution in [0.3, 0.4) is 0 Å². The number of rotatable bonds is 4. The second-order valence-electron chi connectivity index (χ2n) is 4.25. The summed E-state index contributed by atoms with van der Waals surface area (Å²) < 4.78 is 18.6. The molecule has 2 aromatic heterocycles. The van der Waals surface area contributed by atoms with E-state index in [4.69, 9.17) is 10.2 Å². The number of oxazole rings is 1. The van der Waals surface area contributed by atoms with Gasteiger partial charge in [0.25, 0.3) is 0 Å². The van der Waals surface area contributed by atoms with Gasteiger partial charge in [-0.05, 0) is 25.0 Å². The number of aryl methyl sites for hydroxylation is 2. The summed E-state index contributed by atoms with van der Waals surface area (Å²) in [5.74, 6) is 0.328. The van der Waals surface area contributed by atoms with Gasteiger partial charge in [-0.1, -0.05) is 0 Å². The Morgan fingerprint density at radius 2 is 2.16 bits per heavy atom. The molecular formula is C13H12FN3OS. The number of hydrogen-bond acceptors (Lipinski definition) is 5. The summed E-state index contributed by atoms with van der Waals surface area (Å²) >= 11 is 1.44. The van der Waals surface area contributed by atoms with Gasteiger partial charge in [0.15, 0.2) is 16.6 Å². The zero-order valence-corrected chi connectivity index (χ0v) is 10.9. The van der Waals surface area contributed by atoms with Crippen molar-refractivity contribution in [3.63, 3.8) is 0 Å². The molecule has 1 aromatic carbocycles. The molecule has 3 aromatic rings. The Hall–Kier alpha value is -1.95. The first kappa shape index (κ1) is 12.1. The lowest BCUT2D eigenvalue weighted by Gasteiger charge is -1.94. The molecule has 2 N–H and O–H groups in total. The van der Waals surface area contributed by atoms with Crippen LogP contribution in [0.1, 0.15) is 18.0 Å². The van der Waals surface area contributed by atoms with Crippen LogP contribution in [0.25, 0.3) is 11.1 Å². The third-order valence-electron chi connectivity index (χ3n) is 2.79. The number of benzene rings is 1. The van der Waals surface area contributed by atoms with E-state index < -0.39 is 0 Å². The largest absolute Gasteiger partial charge is 0.441 e. The van der Waals surface area contributed by atoms with Crippen molar-refractivity contribution in [1.82, 2.24) is 9.97 Å². The number of anilines is 1. The molecule has 0 atom stereocenters. The highest BCUT2D eigenvalue weighted by Gasteiger charge is 2.07. The van der Waals surface area contributed by atoms with Gasteiger partial charge in [-0.25, -0.2) is 14.4 Å². The van der Waals surface area contributed by atoms with Gasteiger partial charge in [-0.15, -0.1) is 11.3 Å². The van der Waals surface area contributed by atoms with Crippen LogP contribution in [0.4, 0.5) is 9.52 Å². The number of nitrogens with two attached hydrogens (primary N) is 1. The normalized spacial score (nSPS) is 11.2. The average molecular weight is 277 g/mol. The minimum atomic E-state index is -0.301. The maximum absolute atomic E-state index is 13.0. The van der Waals surface area contributed by atoms with Gasteiger partial charge in [-0.3, -0.25) is 0 Å². The van der Waals surface area contributed by atoms with Crippen LogP contribution < -0.4 is 5.73 Å². The molecular weight excluding hydrogens is 265 g/mol. The van der Waals surface area contributed by atoms with Gasteiger partial charge in [0.1, 0.15) is 11.3 Å². The Morgan fingerprint density at radius 3 is 2.95 bits per heavy atom. The van der Waals surface area contributed by atoms with E-state index >= 15 is 0 Å². The number of nitrogen functional groups attached to an aromatic ring is 1. The van der Waals surface area contributed by atoms with E-state index in [1.165, 1.54) is 23.5 Å². The van der Waals surface area contributed by atoms with Crippen molar-refractivity contribution in [2.75, 3.05) is 5.73 Å². The maximum atomic E-state index is 13.0. The molecule has 0 aliphatic carbocycles. The van der Waals surface area contributed by atoms with E-state index in [9.17, 15) is 4.39 Å². The highest BCUT2D eigenvalue weighted by atomic mass is 32.1. The SMILES string of the molecule is Nc1nc(CCCc2nc3cc(F)ccc3o2)cs1. The minimum absolute atomic E-state index is 0.301. The highest BCUT2D eigenvalue weighted by Crippen LogP contribution is 2.18. The minimum Gasteiger partial charge on any atom is -0.441 e. The fraction of sp³-hybridized carbons (Fsp3) is 0.231. The molecule has 0 aliphatic rings. The predicted molar refractivity (Wildman–Crippen MR) is 72.5 cm³/mol. The lowest BCUT2D eigenvalue weighted by molar-refractivity contribution is 0.518. The number of thiazole rings is 1. The van der Waals surface area contributed by atoms with Crippen LogP contribution in [-0.4, -0.2) is 9.97 Å². The van der Waals surface area contributed by atoms with E-state index in [2.05, 4.69) is 9.97 Å². The fourth-order valence-electron chi connectivity index (χ4n) is 1.91. The molecule has 0 spiro atoms. The Labute approximate surface area is 113 Å². The van der Waals surface area contributed by atoms with Crippen LogP contribution in [-0.2, 0) is 12.8 Å². The van der Waals surface area contributed by atoms with E-state index in [1.54, 1.807) is 6.07 Å². The third-order valence-corrected chi connectivity index (χ3v) is 3.51. The van der Waals surface area contributed by atoms with Gasteiger partial charge in [0.05, 0.1) is 5.69 Å². The van der Waals surface area contributed by atoms with Gasteiger partial charge >= 0.3 is 0 Å². The Kier molecular flexibility index (Phi) is 3.16. The summed E-state index contributed by atoms with van der Waals surface area (Å²) in [6.07, 6.45) is 2.41. The molecule has 0 bridgehead atoms. The molecule has 0 amide bonds. The lowest BCUT2D eigenvalue weighted by Crippen LogP contribution is -1.91. The summed E-state index contributed by atoms with van der Waals surface area (Å²) in [4.78, 5) is 8.45. The summed E-state index contributed by atoms with van der Waals surface area (Å²) in [5.41, 5.74) is 7.74. The molecule has 19 heavy (non-hydrogen) atoms. The summed E-state index contributed by atoms with van der Waals surface area (Å²) in [7, 11) is 0. The molecule has 6 heteroatoms. The molecule has 3 rings (SSSR count). The van der Waals surface area contributed by atoms with Crippen molar-refractivity contribution in [2.24, 2.45) is 0 Å². The van der Waals surface area contributed by atoms with Crippen molar-refractivity contribution in [2.45, 2.75) is 19.3 Å². The number of aromatic nitrogens is 2. The Balaban J connectivity index is 1.65. The zero-order valence-electron chi connectivity index (χ0n) is 10.1. The molecule has 4 nitrogen and oxygen atoms in total. The fourth-order valence-corrected chi connectivity index (χ4v) is 2.51. The summed E-state index contributed by atoms with van der Waals surface area (Å²) in [6.45, 7) is 0. The number of halogens is 1. The van der Waals surface area contributed by atoms with Crippen LogP contribution >= 0.6 is 11.3 Å². The Bertz CT molecular complexity index is 707. The number of fused-ring (bicyclic) bond motifs is 1. The maximum Gasteiger partial charge on any atom is 0.195 e. The van der Waals surface area contributed by atoms with Crippen LogP contribution in [0.5, 0.6) is 0 Å². The van der Waals surface area contributed by atoms with Gasteiger partial charge in [-0.2, -0.15) is 0 Å². The lowest BCUT2D eigenvalue weighted by atomic mass is 10.2. The van der Waals surface area contributed by atoms with Crippen LogP contribution in [0, 0.1) is 5.82 Å². The van der Waals surface area contributed by atoms with E-state index in [1.807, 2.05) is 5.38 Å².